The largest absolute Gasteiger partial charge is 0.465 e. The highest BCUT2D eigenvalue weighted by molar-refractivity contribution is 5.97. The molecule has 8 nitrogen and oxygen atoms in total. The Morgan fingerprint density at radius 3 is 2.20 bits per heavy atom. The van der Waals surface area contributed by atoms with Crippen LogP contribution in [-0.2, 0) is 4.79 Å². The van der Waals surface area contributed by atoms with Crippen LogP contribution in [0.3, 0.4) is 0 Å². The molecule has 0 aliphatic rings. The molecule has 0 bridgehead atoms. The molecule has 8 heteroatoms. The number of terminal acetylenes is 1. The van der Waals surface area contributed by atoms with Crippen LogP contribution in [0.5, 0.6) is 0 Å². The summed E-state index contributed by atoms with van der Waals surface area (Å²) in [5, 5.41) is 20.6. The molecular weight excluding hydrogens is 326 g/mol. The van der Waals surface area contributed by atoms with Gasteiger partial charge in [-0.05, 0) is 45.0 Å². The van der Waals surface area contributed by atoms with Gasteiger partial charge in [0.1, 0.15) is 6.04 Å². The molecule has 1 atom stereocenters. The van der Waals surface area contributed by atoms with Crippen molar-refractivity contribution in [1.29, 1.82) is 0 Å². The van der Waals surface area contributed by atoms with Gasteiger partial charge in [-0.2, -0.15) is 0 Å². The van der Waals surface area contributed by atoms with Gasteiger partial charge in [0.2, 0.25) is 0 Å². The number of carboxylic acid groups (broad SMARTS) is 1. The van der Waals surface area contributed by atoms with Crippen molar-refractivity contribution in [3.8, 4) is 12.3 Å². The average Bonchev–Trinajstić information content (AvgIpc) is 2.56. The summed E-state index contributed by atoms with van der Waals surface area (Å²) in [6.45, 7) is 4.61. The fourth-order valence-electron chi connectivity index (χ4n) is 2.05. The second-order valence-corrected chi connectivity index (χ2v) is 6.29. The Balaban J connectivity index is 2.99. The zero-order valence-corrected chi connectivity index (χ0v) is 14.2. The van der Waals surface area contributed by atoms with E-state index in [2.05, 4.69) is 11.2 Å². The van der Waals surface area contributed by atoms with Crippen molar-refractivity contribution in [1.82, 2.24) is 15.7 Å². The molecule has 4 N–H and O–H groups in total. The van der Waals surface area contributed by atoms with Gasteiger partial charge in [0.15, 0.2) is 0 Å². The molecule has 1 rings (SSSR count). The van der Waals surface area contributed by atoms with E-state index in [9.17, 15) is 19.5 Å². The molecule has 1 aromatic carbocycles. The van der Waals surface area contributed by atoms with Crippen molar-refractivity contribution < 1.29 is 24.7 Å². The number of nitrogens with one attached hydrogen (secondary N) is 2. The van der Waals surface area contributed by atoms with Gasteiger partial charge >= 0.3 is 6.09 Å². The number of hydroxylamine groups is 1. The Kier molecular flexibility index (Phi) is 6.53. The van der Waals surface area contributed by atoms with E-state index in [4.69, 9.17) is 11.6 Å². The minimum atomic E-state index is -1.28. The smallest absolute Gasteiger partial charge is 0.407 e. The molecule has 0 saturated heterocycles. The summed E-state index contributed by atoms with van der Waals surface area (Å²) in [4.78, 5) is 36.5. The first-order valence-electron chi connectivity index (χ1n) is 7.42. The Morgan fingerprint density at radius 1 is 1.24 bits per heavy atom. The van der Waals surface area contributed by atoms with E-state index in [1.165, 1.54) is 17.6 Å². The van der Waals surface area contributed by atoms with Crippen LogP contribution in [-0.4, -0.2) is 51.2 Å². The molecule has 1 aromatic rings. The third-order valence-corrected chi connectivity index (χ3v) is 3.45. The lowest BCUT2D eigenvalue weighted by Gasteiger charge is -2.35. The topological polar surface area (TPSA) is 119 Å². The second kappa shape index (κ2) is 8.17. The highest BCUT2D eigenvalue weighted by Gasteiger charge is 2.32. The predicted octanol–water partition coefficient (Wildman–Crippen LogP) is 1.05. The van der Waals surface area contributed by atoms with E-state index in [-0.39, 0.29) is 12.1 Å². The number of hydrogen-bond donors (Lipinski definition) is 4. The van der Waals surface area contributed by atoms with Crippen molar-refractivity contribution in [3.63, 3.8) is 0 Å². The molecule has 0 heterocycles. The number of carbonyl (C=O) groups is 3. The first-order valence-corrected chi connectivity index (χ1v) is 7.42. The fraction of sp³-hybridized carbons (Fsp3) is 0.353. The lowest BCUT2D eigenvalue weighted by atomic mass is 10.1. The average molecular weight is 347 g/mol. The summed E-state index contributed by atoms with van der Waals surface area (Å²) in [5.41, 5.74) is 1.46. The molecule has 0 aliphatic carbocycles. The SMILES string of the molecule is C#Cc1ccc(C(=O)N[C@@H](CN(C(=O)O)C(C)(C)C)C(=O)NO)cc1. The van der Waals surface area contributed by atoms with Crippen molar-refractivity contribution in [2.24, 2.45) is 0 Å². The highest BCUT2D eigenvalue weighted by Crippen LogP contribution is 2.14. The van der Waals surface area contributed by atoms with Crippen LogP contribution in [0.4, 0.5) is 4.79 Å². The molecule has 0 fully saturated rings. The Labute approximate surface area is 145 Å². The molecule has 0 aliphatic heterocycles. The van der Waals surface area contributed by atoms with Gasteiger partial charge in [-0.3, -0.25) is 14.8 Å². The monoisotopic (exact) mass is 347 g/mol. The standard InChI is InChI=1S/C17H21N3O5/c1-5-11-6-8-12(9-7-11)14(21)18-13(15(22)19-25)10-20(16(23)24)17(2,3)4/h1,6-9,13,25H,10H2,2-4H3,(H,18,21)(H,19,22)(H,23,24)/t13-/m0/s1. The summed E-state index contributed by atoms with van der Waals surface area (Å²) in [6.07, 6.45) is 3.99. The molecule has 0 aromatic heterocycles. The summed E-state index contributed by atoms with van der Waals surface area (Å²) in [7, 11) is 0. The zero-order chi connectivity index (χ0) is 19.2. The van der Waals surface area contributed by atoms with Gasteiger partial charge in [-0.1, -0.05) is 5.92 Å². The lowest BCUT2D eigenvalue weighted by Crippen LogP contribution is -2.57. The first kappa shape index (κ1) is 20.0. The van der Waals surface area contributed by atoms with Gasteiger partial charge in [0, 0.05) is 16.7 Å². The number of carbonyl (C=O) groups excluding carboxylic acids is 2. The maximum Gasteiger partial charge on any atom is 0.407 e. The summed E-state index contributed by atoms with van der Waals surface area (Å²) in [5.74, 6) is 0.888. The van der Waals surface area contributed by atoms with E-state index in [1.54, 1.807) is 32.9 Å². The van der Waals surface area contributed by atoms with E-state index in [0.717, 1.165) is 4.90 Å². The van der Waals surface area contributed by atoms with Crippen molar-refractivity contribution in [2.75, 3.05) is 6.54 Å². The molecule has 25 heavy (non-hydrogen) atoms. The number of benzene rings is 1. The number of amides is 3. The normalized spacial score (nSPS) is 11.8. The van der Waals surface area contributed by atoms with Crippen LogP contribution in [0.2, 0.25) is 0 Å². The molecular formula is C17H21N3O5. The minimum Gasteiger partial charge on any atom is -0.465 e. The van der Waals surface area contributed by atoms with Crippen LogP contribution < -0.4 is 10.8 Å². The molecule has 0 spiro atoms. The van der Waals surface area contributed by atoms with Crippen molar-refractivity contribution in [3.05, 3.63) is 35.4 Å². The molecule has 134 valence electrons. The van der Waals surface area contributed by atoms with Crippen LogP contribution in [0.1, 0.15) is 36.7 Å². The van der Waals surface area contributed by atoms with Crippen molar-refractivity contribution in [2.45, 2.75) is 32.4 Å². The maximum atomic E-state index is 12.3. The van der Waals surface area contributed by atoms with Gasteiger partial charge in [-0.15, -0.1) is 6.42 Å². The number of hydrogen-bond acceptors (Lipinski definition) is 4. The van der Waals surface area contributed by atoms with Gasteiger partial charge in [0.25, 0.3) is 11.8 Å². The first-order chi connectivity index (χ1) is 11.6. The summed E-state index contributed by atoms with van der Waals surface area (Å²) in [6, 6.07) is 4.82. The Hall–Kier alpha value is -3.05. The summed E-state index contributed by atoms with van der Waals surface area (Å²) < 4.78 is 0. The van der Waals surface area contributed by atoms with E-state index < -0.39 is 29.5 Å². The third kappa shape index (κ3) is 5.51. The van der Waals surface area contributed by atoms with Crippen LogP contribution in [0, 0.1) is 12.3 Å². The van der Waals surface area contributed by atoms with Gasteiger partial charge in [0.05, 0.1) is 6.54 Å². The lowest BCUT2D eigenvalue weighted by molar-refractivity contribution is -0.131. The zero-order valence-electron chi connectivity index (χ0n) is 14.2. The number of nitrogens with zero attached hydrogens (tertiary/aromatic N) is 1. The van der Waals surface area contributed by atoms with Crippen LogP contribution >= 0.6 is 0 Å². The van der Waals surface area contributed by atoms with Crippen molar-refractivity contribution >= 4 is 17.9 Å². The predicted molar refractivity (Wildman–Crippen MR) is 90.0 cm³/mol. The third-order valence-electron chi connectivity index (χ3n) is 3.45. The van der Waals surface area contributed by atoms with E-state index in [1.807, 2.05) is 0 Å². The van der Waals surface area contributed by atoms with Crippen LogP contribution in [0.25, 0.3) is 0 Å². The van der Waals surface area contributed by atoms with E-state index >= 15 is 0 Å². The quantitative estimate of drug-likeness (QED) is 0.361. The van der Waals surface area contributed by atoms with Gasteiger partial charge in [-0.25, -0.2) is 10.3 Å². The Bertz CT molecular complexity index is 686. The fourth-order valence-corrected chi connectivity index (χ4v) is 2.05. The molecule has 3 amide bonds. The maximum absolute atomic E-state index is 12.3. The van der Waals surface area contributed by atoms with Crippen LogP contribution in [0.15, 0.2) is 24.3 Å². The molecule has 0 saturated carbocycles. The highest BCUT2D eigenvalue weighted by atomic mass is 16.5. The molecule has 0 radical (unpaired) electrons. The minimum absolute atomic E-state index is 0.243. The Morgan fingerprint density at radius 2 is 1.80 bits per heavy atom. The summed E-state index contributed by atoms with van der Waals surface area (Å²) >= 11 is 0. The number of rotatable bonds is 5. The van der Waals surface area contributed by atoms with E-state index in [0.29, 0.717) is 5.56 Å². The second-order valence-electron chi connectivity index (χ2n) is 6.29. The van der Waals surface area contributed by atoms with Gasteiger partial charge < -0.3 is 15.3 Å². The molecule has 0 unspecified atom stereocenters.